The van der Waals surface area contributed by atoms with Crippen molar-refractivity contribution >= 4 is 12.1 Å². The molecule has 0 saturated carbocycles. The highest BCUT2D eigenvalue weighted by Gasteiger charge is 2.38. The summed E-state index contributed by atoms with van der Waals surface area (Å²) in [5, 5.41) is 34.3. The quantitative estimate of drug-likeness (QED) is 0.0609. The van der Waals surface area contributed by atoms with Gasteiger partial charge in [0.25, 0.3) is 0 Å². The number of benzene rings is 6. The molecule has 0 fully saturated rings. The first-order valence-corrected chi connectivity index (χ1v) is 19.5. The molecule has 6 N–H and O–H groups in total. The van der Waals surface area contributed by atoms with Crippen molar-refractivity contribution in [1.29, 1.82) is 0 Å². The summed E-state index contributed by atoms with van der Waals surface area (Å²) in [4.78, 5) is 24.3. The Kier molecular flexibility index (Phi) is 16.2. The third-order valence-corrected chi connectivity index (χ3v) is 9.54. The van der Waals surface area contributed by atoms with Crippen LogP contribution in [0.4, 0.5) is 4.79 Å². The molecule has 10 heteroatoms. The second kappa shape index (κ2) is 21.9. The van der Waals surface area contributed by atoms with Crippen LogP contribution in [-0.4, -0.2) is 39.5 Å². The van der Waals surface area contributed by atoms with Crippen LogP contribution in [0.15, 0.2) is 170 Å². The van der Waals surface area contributed by atoms with Crippen LogP contribution in [-0.2, 0) is 35.0 Å². The maximum Gasteiger partial charge on any atom is 0.408 e. The molecule has 0 heterocycles. The molecule has 0 spiro atoms. The molecule has 6 rings (SSSR count). The van der Waals surface area contributed by atoms with Gasteiger partial charge in [-0.15, -0.1) is 0 Å². The van der Waals surface area contributed by atoms with Crippen LogP contribution in [0, 0.1) is 5.92 Å². The highest BCUT2D eigenvalue weighted by molar-refractivity contribution is 5.80. The van der Waals surface area contributed by atoms with E-state index in [1.54, 1.807) is 30.3 Å². The second-order valence-electron chi connectivity index (χ2n) is 14.5. The lowest BCUT2D eigenvalue weighted by Crippen LogP contribution is -2.47. The van der Waals surface area contributed by atoms with E-state index in [4.69, 9.17) is 19.9 Å². The first-order chi connectivity index (χ1) is 28.5. The number of carbonyl (C=O) groups is 2. The Morgan fingerprint density at radius 2 is 1.05 bits per heavy atom. The third-order valence-electron chi connectivity index (χ3n) is 9.54. The zero-order valence-electron chi connectivity index (χ0n) is 33.3. The largest absolute Gasteiger partial charge is 0.485 e. The zero-order chi connectivity index (χ0) is 42.0. The predicted octanol–water partition coefficient (Wildman–Crippen LogP) is 8.55. The number of carboxylic acids is 1. The molecule has 0 radical (unpaired) electrons. The van der Waals surface area contributed by atoms with E-state index >= 15 is 0 Å². The molecular formula is C49H52N2O8. The van der Waals surface area contributed by atoms with E-state index < -0.39 is 29.8 Å². The summed E-state index contributed by atoms with van der Waals surface area (Å²) >= 11 is 0. The van der Waals surface area contributed by atoms with Gasteiger partial charge >= 0.3 is 12.1 Å². The number of nitrogens with one attached hydrogen (secondary N) is 1. The molecule has 6 aromatic rings. The molecule has 1 unspecified atom stereocenters. The lowest BCUT2D eigenvalue weighted by molar-refractivity contribution is -0.142. The summed E-state index contributed by atoms with van der Waals surface area (Å²) < 4.78 is 17.1. The van der Waals surface area contributed by atoms with Crippen molar-refractivity contribution in [2.75, 3.05) is 0 Å². The number of nitrogens with two attached hydrogens (primary N) is 1. The summed E-state index contributed by atoms with van der Waals surface area (Å²) in [6.45, 7) is 4.72. The average Bonchev–Trinajstić information content (AvgIpc) is 3.27. The standard InChI is InChI=1S/C31H29NO7.C18H23NO/c33-29(28(30(34)35)32-31(36)39-21-24-14-8-3-9-15-24)25-16-17-26(37-19-22-10-4-1-5-11-22)27(18-25)38-20-23-12-6-2-7-13-23;1-14(2)13-17(19)18(20,15-9-5-3-6-10-15)16-11-7-4-8-12-16/h1-18,28-29,33H,19-21H2,(H,32,36)(H,34,35);3-12,14,17,20H,13,19H2,1-2H3/t28-,29?;17-/m10/s1. The molecule has 306 valence electrons. The van der Waals surface area contributed by atoms with Crippen molar-refractivity contribution in [2.45, 2.75) is 63.9 Å². The summed E-state index contributed by atoms with van der Waals surface area (Å²) in [7, 11) is 0. The smallest absolute Gasteiger partial charge is 0.408 e. The summed E-state index contributed by atoms with van der Waals surface area (Å²) in [6.07, 6.45) is -1.79. The number of rotatable bonds is 17. The Labute approximate surface area is 345 Å². The molecule has 3 atom stereocenters. The lowest BCUT2D eigenvalue weighted by atomic mass is 9.78. The van der Waals surface area contributed by atoms with Crippen LogP contribution < -0.4 is 20.5 Å². The van der Waals surface area contributed by atoms with Gasteiger partial charge in [-0.05, 0) is 57.9 Å². The van der Waals surface area contributed by atoms with Crippen LogP contribution in [0.3, 0.4) is 0 Å². The van der Waals surface area contributed by atoms with Gasteiger partial charge in [0.05, 0.1) is 0 Å². The molecule has 0 aliphatic heterocycles. The number of aliphatic hydroxyl groups excluding tert-OH is 1. The van der Waals surface area contributed by atoms with E-state index in [9.17, 15) is 24.9 Å². The second-order valence-corrected chi connectivity index (χ2v) is 14.5. The van der Waals surface area contributed by atoms with Crippen molar-refractivity contribution in [3.05, 3.63) is 203 Å². The van der Waals surface area contributed by atoms with E-state index in [2.05, 4.69) is 19.2 Å². The molecule has 6 aromatic carbocycles. The first kappa shape index (κ1) is 43.7. The zero-order valence-corrected chi connectivity index (χ0v) is 33.3. The van der Waals surface area contributed by atoms with E-state index in [1.807, 2.05) is 127 Å². The fourth-order valence-electron chi connectivity index (χ4n) is 6.43. The molecule has 0 aromatic heterocycles. The van der Waals surface area contributed by atoms with E-state index in [-0.39, 0.29) is 31.4 Å². The van der Waals surface area contributed by atoms with Gasteiger partial charge in [0, 0.05) is 6.04 Å². The van der Waals surface area contributed by atoms with Gasteiger partial charge in [-0.1, -0.05) is 172 Å². The molecule has 0 aliphatic carbocycles. The summed E-state index contributed by atoms with van der Waals surface area (Å²) in [6, 6.07) is 50.1. The number of alkyl carbamates (subject to hydrolysis) is 1. The fourth-order valence-corrected chi connectivity index (χ4v) is 6.43. The van der Waals surface area contributed by atoms with Crippen LogP contribution >= 0.6 is 0 Å². The Bertz CT molecular complexity index is 2120. The van der Waals surface area contributed by atoms with E-state index in [1.165, 1.54) is 12.1 Å². The van der Waals surface area contributed by atoms with Crippen LogP contribution in [0.25, 0.3) is 0 Å². The Hall–Kier alpha value is -6.46. The van der Waals surface area contributed by atoms with Gasteiger partial charge in [0.15, 0.2) is 17.5 Å². The van der Waals surface area contributed by atoms with Crippen LogP contribution in [0.1, 0.15) is 59.8 Å². The third kappa shape index (κ3) is 12.8. The highest BCUT2D eigenvalue weighted by atomic mass is 16.5. The maximum atomic E-state index is 12.3. The topological polar surface area (TPSA) is 161 Å². The molecule has 59 heavy (non-hydrogen) atoms. The minimum Gasteiger partial charge on any atom is -0.485 e. The number of aliphatic carboxylic acids is 1. The van der Waals surface area contributed by atoms with Crippen molar-refractivity contribution in [1.82, 2.24) is 5.32 Å². The molecule has 0 saturated heterocycles. The normalized spacial score (nSPS) is 12.6. The van der Waals surface area contributed by atoms with Crippen LogP contribution in [0.5, 0.6) is 11.5 Å². The van der Waals surface area contributed by atoms with Gasteiger partial charge in [0.1, 0.15) is 31.5 Å². The number of amides is 1. The minimum absolute atomic E-state index is 0.0416. The van der Waals surface area contributed by atoms with Gasteiger partial charge in [0.2, 0.25) is 0 Å². The molecule has 0 bridgehead atoms. The Morgan fingerprint density at radius 3 is 1.49 bits per heavy atom. The fraction of sp³-hybridized carbons (Fsp3) is 0.224. The molecular weight excluding hydrogens is 745 g/mol. The van der Waals surface area contributed by atoms with E-state index in [0.717, 1.165) is 34.2 Å². The number of ether oxygens (including phenoxy) is 3. The number of aliphatic hydroxyl groups is 2. The summed E-state index contributed by atoms with van der Waals surface area (Å²) in [5.41, 5.74) is 9.76. The van der Waals surface area contributed by atoms with Gasteiger partial charge in [-0.25, -0.2) is 9.59 Å². The van der Waals surface area contributed by atoms with Crippen molar-refractivity contribution in [2.24, 2.45) is 11.7 Å². The van der Waals surface area contributed by atoms with Gasteiger partial charge < -0.3 is 40.6 Å². The summed E-state index contributed by atoms with van der Waals surface area (Å²) in [5.74, 6) is -0.241. The molecule has 10 nitrogen and oxygen atoms in total. The SMILES string of the molecule is CC(C)C[C@H](N)C(O)(c1ccccc1)c1ccccc1.O=C(N[C@@H](C(=O)O)C(O)c1ccc(OCc2ccccc2)c(OCc2ccccc2)c1)OCc1ccccc1. The Morgan fingerprint density at radius 1 is 0.627 bits per heavy atom. The monoisotopic (exact) mass is 796 g/mol. The predicted molar refractivity (Wildman–Crippen MR) is 227 cm³/mol. The van der Waals surface area contributed by atoms with E-state index in [0.29, 0.717) is 17.4 Å². The Balaban J connectivity index is 0.000000277. The molecule has 1 amide bonds. The first-order valence-electron chi connectivity index (χ1n) is 19.5. The van der Waals surface area contributed by atoms with Crippen molar-refractivity contribution in [3.63, 3.8) is 0 Å². The van der Waals surface area contributed by atoms with Gasteiger partial charge in [-0.2, -0.15) is 0 Å². The minimum atomic E-state index is -1.66. The van der Waals surface area contributed by atoms with Gasteiger partial charge in [-0.3, -0.25) is 0 Å². The molecule has 0 aliphatic rings. The average molecular weight is 797 g/mol. The maximum absolute atomic E-state index is 12.3. The number of hydrogen-bond donors (Lipinski definition) is 5. The number of carboxylic acid groups (broad SMARTS) is 1. The van der Waals surface area contributed by atoms with Crippen LogP contribution in [0.2, 0.25) is 0 Å². The van der Waals surface area contributed by atoms with Crippen molar-refractivity contribution < 1.29 is 39.1 Å². The lowest BCUT2D eigenvalue weighted by Gasteiger charge is -2.36. The van der Waals surface area contributed by atoms with Crippen molar-refractivity contribution in [3.8, 4) is 11.5 Å². The number of carbonyl (C=O) groups excluding carboxylic acids is 1. The highest BCUT2D eigenvalue weighted by Crippen LogP contribution is 2.35. The number of hydrogen-bond acceptors (Lipinski definition) is 8.